The maximum absolute atomic E-state index is 10.9. The Morgan fingerprint density at radius 3 is 3.24 bits per heavy atom. The van der Waals surface area contributed by atoms with Crippen molar-refractivity contribution in [1.29, 1.82) is 5.26 Å². The lowest BCUT2D eigenvalue weighted by Crippen LogP contribution is -2.41. The molecule has 1 aliphatic heterocycles. The second-order valence-corrected chi connectivity index (χ2v) is 3.79. The molecule has 1 aromatic heterocycles. The van der Waals surface area contributed by atoms with E-state index in [9.17, 15) is 4.79 Å². The normalized spacial score (nSPS) is 21.0. The lowest BCUT2D eigenvalue weighted by molar-refractivity contribution is -0.00500. The van der Waals surface area contributed by atoms with Crippen LogP contribution in [-0.2, 0) is 11.3 Å². The molecule has 1 unspecified atom stereocenters. The van der Waals surface area contributed by atoms with Crippen molar-refractivity contribution in [2.75, 3.05) is 19.7 Å². The Kier molecular flexibility index (Phi) is 3.42. The summed E-state index contributed by atoms with van der Waals surface area (Å²) in [5.41, 5.74) is 0.171. The highest BCUT2D eigenvalue weighted by molar-refractivity contribution is 5.88. The molecule has 0 saturated carbocycles. The van der Waals surface area contributed by atoms with E-state index in [2.05, 4.69) is 0 Å². The van der Waals surface area contributed by atoms with Gasteiger partial charge in [0.05, 0.1) is 25.5 Å². The van der Waals surface area contributed by atoms with E-state index in [1.807, 2.05) is 11.0 Å². The Labute approximate surface area is 98.0 Å². The maximum Gasteiger partial charge on any atom is 0.339 e. The molecule has 90 valence electrons. The van der Waals surface area contributed by atoms with E-state index < -0.39 is 12.1 Å². The van der Waals surface area contributed by atoms with Crippen molar-refractivity contribution in [2.45, 2.75) is 12.6 Å². The van der Waals surface area contributed by atoms with Crippen LogP contribution in [0, 0.1) is 11.3 Å². The van der Waals surface area contributed by atoms with Crippen LogP contribution in [-0.4, -0.2) is 41.8 Å². The molecule has 0 aromatic carbocycles. The van der Waals surface area contributed by atoms with Gasteiger partial charge in [-0.3, -0.25) is 4.90 Å². The largest absolute Gasteiger partial charge is 0.478 e. The number of carboxylic acids is 1. The molecule has 0 bridgehead atoms. The fraction of sp³-hybridized carbons (Fsp3) is 0.455. The zero-order chi connectivity index (χ0) is 12.3. The summed E-state index contributed by atoms with van der Waals surface area (Å²) in [7, 11) is 0. The summed E-state index contributed by atoms with van der Waals surface area (Å²) in [6.07, 6.45) is 0.910. The highest BCUT2D eigenvalue weighted by Gasteiger charge is 2.23. The zero-order valence-electron chi connectivity index (χ0n) is 9.13. The summed E-state index contributed by atoms with van der Waals surface area (Å²) in [6.45, 7) is 1.99. The van der Waals surface area contributed by atoms with Crippen LogP contribution in [0.2, 0.25) is 0 Å². The number of hydrogen-bond donors (Lipinski definition) is 1. The summed E-state index contributed by atoms with van der Waals surface area (Å²) in [5.74, 6) is -0.588. The van der Waals surface area contributed by atoms with Crippen LogP contribution in [0.3, 0.4) is 0 Å². The first kappa shape index (κ1) is 11.6. The van der Waals surface area contributed by atoms with Crippen molar-refractivity contribution < 1.29 is 19.1 Å². The van der Waals surface area contributed by atoms with Gasteiger partial charge in [-0.25, -0.2) is 4.79 Å². The molecule has 1 fully saturated rings. The summed E-state index contributed by atoms with van der Waals surface area (Å²) in [4.78, 5) is 12.8. The molecular formula is C11H12N2O4. The molecule has 1 aliphatic rings. The summed E-state index contributed by atoms with van der Waals surface area (Å²) < 4.78 is 10.4. The number of aromatic carboxylic acids is 1. The van der Waals surface area contributed by atoms with Gasteiger partial charge in [-0.2, -0.15) is 5.26 Å². The number of ether oxygens (including phenoxy) is 1. The zero-order valence-corrected chi connectivity index (χ0v) is 9.13. The Morgan fingerprint density at radius 1 is 1.71 bits per heavy atom. The third-order valence-electron chi connectivity index (χ3n) is 2.64. The Bertz CT molecular complexity index is 449. The molecule has 6 nitrogen and oxygen atoms in total. The molecule has 17 heavy (non-hydrogen) atoms. The number of nitriles is 1. The Balaban J connectivity index is 2.03. The summed E-state index contributed by atoms with van der Waals surface area (Å²) in [6, 6.07) is 3.47. The van der Waals surface area contributed by atoms with Gasteiger partial charge in [0.2, 0.25) is 0 Å². The van der Waals surface area contributed by atoms with Gasteiger partial charge in [-0.05, 0) is 6.07 Å². The standard InChI is InChI=1S/C11H12N2O4/c12-5-8-6-13(2-4-16-8)7-10-9(11(14)15)1-3-17-10/h1,3,8H,2,4,6-7H2,(H,14,15). The van der Waals surface area contributed by atoms with E-state index in [4.69, 9.17) is 19.5 Å². The van der Waals surface area contributed by atoms with Gasteiger partial charge in [0.15, 0.2) is 6.10 Å². The number of nitrogens with zero attached hydrogens (tertiary/aromatic N) is 2. The predicted molar refractivity (Wildman–Crippen MR) is 56.3 cm³/mol. The molecule has 0 amide bonds. The fourth-order valence-electron chi connectivity index (χ4n) is 1.78. The Morgan fingerprint density at radius 2 is 2.53 bits per heavy atom. The van der Waals surface area contributed by atoms with Crippen LogP contribution >= 0.6 is 0 Å². The average molecular weight is 236 g/mol. The van der Waals surface area contributed by atoms with Crippen molar-refractivity contribution in [1.82, 2.24) is 4.90 Å². The predicted octanol–water partition coefficient (Wildman–Crippen LogP) is 0.702. The molecule has 1 saturated heterocycles. The molecule has 1 atom stereocenters. The number of hydrogen-bond acceptors (Lipinski definition) is 5. The molecule has 2 heterocycles. The van der Waals surface area contributed by atoms with Crippen LogP contribution < -0.4 is 0 Å². The molecular weight excluding hydrogens is 224 g/mol. The minimum Gasteiger partial charge on any atom is -0.478 e. The first-order chi connectivity index (χ1) is 8.20. The molecule has 2 rings (SSSR count). The van der Waals surface area contributed by atoms with E-state index in [1.165, 1.54) is 12.3 Å². The summed E-state index contributed by atoms with van der Waals surface area (Å²) in [5, 5.41) is 17.7. The van der Waals surface area contributed by atoms with Crippen LogP contribution in [0.5, 0.6) is 0 Å². The minimum atomic E-state index is -1.00. The first-order valence-corrected chi connectivity index (χ1v) is 5.24. The van der Waals surface area contributed by atoms with E-state index in [1.54, 1.807) is 0 Å². The number of carboxylic acid groups (broad SMARTS) is 1. The summed E-state index contributed by atoms with van der Waals surface area (Å²) >= 11 is 0. The van der Waals surface area contributed by atoms with Crippen molar-refractivity contribution in [3.63, 3.8) is 0 Å². The van der Waals surface area contributed by atoms with Crippen LogP contribution in [0.15, 0.2) is 16.7 Å². The van der Waals surface area contributed by atoms with Crippen LogP contribution in [0.1, 0.15) is 16.1 Å². The second-order valence-electron chi connectivity index (χ2n) is 3.79. The van der Waals surface area contributed by atoms with Gasteiger partial charge in [0, 0.05) is 13.1 Å². The lowest BCUT2D eigenvalue weighted by atomic mass is 10.2. The van der Waals surface area contributed by atoms with Gasteiger partial charge < -0.3 is 14.3 Å². The molecule has 0 radical (unpaired) electrons. The molecule has 1 N–H and O–H groups in total. The highest BCUT2D eigenvalue weighted by Crippen LogP contribution is 2.15. The van der Waals surface area contributed by atoms with Crippen LogP contribution in [0.4, 0.5) is 0 Å². The number of carbonyl (C=O) groups is 1. The fourth-order valence-corrected chi connectivity index (χ4v) is 1.78. The third kappa shape index (κ3) is 2.64. The highest BCUT2D eigenvalue weighted by atomic mass is 16.5. The van der Waals surface area contributed by atoms with Gasteiger partial charge in [-0.1, -0.05) is 0 Å². The van der Waals surface area contributed by atoms with Gasteiger partial charge in [0.25, 0.3) is 0 Å². The number of rotatable bonds is 3. The average Bonchev–Trinajstić information content (AvgIpc) is 2.77. The molecule has 0 spiro atoms. The number of morpholine rings is 1. The lowest BCUT2D eigenvalue weighted by Gasteiger charge is -2.28. The van der Waals surface area contributed by atoms with E-state index in [-0.39, 0.29) is 5.56 Å². The minimum absolute atomic E-state index is 0.171. The first-order valence-electron chi connectivity index (χ1n) is 5.24. The van der Waals surface area contributed by atoms with Gasteiger partial charge >= 0.3 is 5.97 Å². The van der Waals surface area contributed by atoms with E-state index in [0.29, 0.717) is 32.0 Å². The topological polar surface area (TPSA) is 86.7 Å². The smallest absolute Gasteiger partial charge is 0.339 e. The molecule has 6 heteroatoms. The quantitative estimate of drug-likeness (QED) is 0.831. The SMILES string of the molecule is N#CC1CN(Cc2occc2C(=O)O)CCO1. The maximum atomic E-state index is 10.9. The number of furan rings is 1. The Hall–Kier alpha value is -1.84. The van der Waals surface area contributed by atoms with E-state index >= 15 is 0 Å². The van der Waals surface area contributed by atoms with Crippen LogP contribution in [0.25, 0.3) is 0 Å². The monoisotopic (exact) mass is 236 g/mol. The van der Waals surface area contributed by atoms with Crippen molar-refractivity contribution in [3.05, 3.63) is 23.7 Å². The molecule has 0 aliphatic carbocycles. The van der Waals surface area contributed by atoms with Crippen molar-refractivity contribution in [2.24, 2.45) is 0 Å². The van der Waals surface area contributed by atoms with E-state index in [0.717, 1.165) is 0 Å². The van der Waals surface area contributed by atoms with Gasteiger partial charge in [-0.15, -0.1) is 0 Å². The second kappa shape index (κ2) is 4.99. The third-order valence-corrected chi connectivity index (χ3v) is 2.64. The van der Waals surface area contributed by atoms with Crippen molar-refractivity contribution >= 4 is 5.97 Å². The van der Waals surface area contributed by atoms with Crippen molar-refractivity contribution in [3.8, 4) is 6.07 Å². The van der Waals surface area contributed by atoms with Gasteiger partial charge in [0.1, 0.15) is 11.3 Å². The molecule has 1 aromatic rings.